The van der Waals surface area contributed by atoms with E-state index in [0.717, 1.165) is 24.8 Å². The van der Waals surface area contributed by atoms with Crippen LogP contribution in [0.15, 0.2) is 72.3 Å². The third-order valence-corrected chi connectivity index (χ3v) is 7.35. The molecule has 0 radical (unpaired) electrons. The topological polar surface area (TPSA) is 94.5 Å². The van der Waals surface area contributed by atoms with Crippen LogP contribution in [0.25, 0.3) is 5.76 Å². The Morgan fingerprint density at radius 1 is 0.951 bits per heavy atom. The number of aliphatic hydroxyl groups excluding tert-OH is 1. The minimum absolute atomic E-state index is 0.0124. The molecule has 2 aliphatic rings. The third kappa shape index (κ3) is 6.01. The highest BCUT2D eigenvalue weighted by Crippen LogP contribution is 2.43. The number of unbranched alkanes of at least 4 members (excludes halogenated alkanes) is 2. The highest BCUT2D eigenvalue weighted by Gasteiger charge is 2.46. The van der Waals surface area contributed by atoms with Gasteiger partial charge < -0.3 is 29.0 Å². The molecule has 0 bridgehead atoms. The van der Waals surface area contributed by atoms with Gasteiger partial charge in [-0.25, -0.2) is 0 Å². The first-order chi connectivity index (χ1) is 20.0. The van der Waals surface area contributed by atoms with Gasteiger partial charge in [0.15, 0.2) is 23.0 Å². The van der Waals surface area contributed by atoms with Crippen LogP contribution in [0.3, 0.4) is 0 Å². The van der Waals surface area contributed by atoms with E-state index >= 15 is 0 Å². The van der Waals surface area contributed by atoms with Crippen molar-refractivity contribution in [3.63, 3.8) is 0 Å². The molecule has 5 rings (SSSR count). The van der Waals surface area contributed by atoms with Gasteiger partial charge in [0.2, 0.25) is 0 Å². The molecule has 2 heterocycles. The summed E-state index contributed by atoms with van der Waals surface area (Å²) in [6, 6.07) is 19.3. The SMILES string of the molecule is CCCCCOc1ccc([C@@H]2/C(=C(\O)c3ccc4c(c3)OCCO4)C(=O)C(=O)N2CCc2ccccc2)cc1OC. The number of benzene rings is 3. The standard InChI is InChI=1S/C33H35NO7/c1-3-4-8-17-39-25-13-11-23(20-27(25)38-2)30-29(31(35)24-12-14-26-28(21-24)41-19-18-40-26)32(36)33(37)34(30)16-15-22-9-6-5-7-10-22/h5-7,9-14,20-21,30,35H,3-4,8,15-19H2,1-2H3/b31-29+/t30-/m1/s1. The molecule has 1 saturated heterocycles. The van der Waals surface area contributed by atoms with Crippen LogP contribution in [0.4, 0.5) is 0 Å². The lowest BCUT2D eigenvalue weighted by atomic mass is 9.94. The first-order valence-corrected chi connectivity index (χ1v) is 14.0. The number of Topliss-reactive ketones (excluding diaryl/α,β-unsaturated/α-hetero) is 1. The Morgan fingerprint density at radius 3 is 2.49 bits per heavy atom. The minimum Gasteiger partial charge on any atom is -0.507 e. The predicted octanol–water partition coefficient (Wildman–Crippen LogP) is 5.70. The summed E-state index contributed by atoms with van der Waals surface area (Å²) >= 11 is 0. The molecule has 1 amide bonds. The lowest BCUT2D eigenvalue weighted by Crippen LogP contribution is -2.31. The molecule has 0 aromatic heterocycles. The van der Waals surface area contributed by atoms with Gasteiger partial charge >= 0.3 is 0 Å². The minimum atomic E-state index is -0.824. The smallest absolute Gasteiger partial charge is 0.295 e. The number of methoxy groups -OCH3 is 1. The Balaban J connectivity index is 1.54. The van der Waals surface area contributed by atoms with Gasteiger partial charge in [-0.3, -0.25) is 9.59 Å². The summed E-state index contributed by atoms with van der Waals surface area (Å²) in [5.74, 6) is 0.435. The second kappa shape index (κ2) is 12.8. The molecular weight excluding hydrogens is 522 g/mol. The van der Waals surface area contributed by atoms with Crippen molar-refractivity contribution in [2.75, 3.05) is 33.5 Å². The number of ketones is 1. The first-order valence-electron chi connectivity index (χ1n) is 14.0. The van der Waals surface area contributed by atoms with E-state index in [0.29, 0.717) is 60.4 Å². The van der Waals surface area contributed by atoms with E-state index in [-0.39, 0.29) is 17.9 Å². The van der Waals surface area contributed by atoms with Crippen LogP contribution in [0.1, 0.15) is 48.9 Å². The summed E-state index contributed by atoms with van der Waals surface area (Å²) in [6.45, 7) is 3.80. The number of carbonyl (C=O) groups is 2. The molecule has 41 heavy (non-hydrogen) atoms. The van der Waals surface area contributed by atoms with Gasteiger partial charge in [0.25, 0.3) is 11.7 Å². The quantitative estimate of drug-likeness (QED) is 0.140. The summed E-state index contributed by atoms with van der Waals surface area (Å²) < 4.78 is 22.9. The van der Waals surface area contributed by atoms with Gasteiger partial charge in [-0.1, -0.05) is 56.2 Å². The van der Waals surface area contributed by atoms with Gasteiger partial charge in [-0.15, -0.1) is 0 Å². The molecule has 0 spiro atoms. The lowest BCUT2D eigenvalue weighted by Gasteiger charge is -2.26. The van der Waals surface area contributed by atoms with E-state index in [4.69, 9.17) is 18.9 Å². The molecule has 8 nitrogen and oxygen atoms in total. The van der Waals surface area contributed by atoms with Crippen LogP contribution < -0.4 is 18.9 Å². The summed E-state index contributed by atoms with van der Waals surface area (Å²) in [7, 11) is 1.56. The Bertz CT molecular complexity index is 1430. The van der Waals surface area contributed by atoms with Crippen molar-refractivity contribution in [3.8, 4) is 23.0 Å². The van der Waals surface area contributed by atoms with Crippen molar-refractivity contribution in [2.24, 2.45) is 0 Å². The number of fused-ring (bicyclic) bond motifs is 1. The molecule has 1 N–H and O–H groups in total. The van der Waals surface area contributed by atoms with Crippen molar-refractivity contribution in [2.45, 2.75) is 38.6 Å². The molecule has 1 fully saturated rings. The second-order valence-electron chi connectivity index (χ2n) is 10.1. The monoisotopic (exact) mass is 557 g/mol. The van der Waals surface area contributed by atoms with Crippen LogP contribution in [-0.2, 0) is 16.0 Å². The number of carbonyl (C=O) groups excluding carboxylic acids is 2. The van der Waals surface area contributed by atoms with Gasteiger partial charge in [0.05, 0.1) is 25.3 Å². The van der Waals surface area contributed by atoms with E-state index in [1.165, 1.54) is 4.90 Å². The zero-order chi connectivity index (χ0) is 28.8. The Morgan fingerprint density at radius 2 is 1.73 bits per heavy atom. The van der Waals surface area contributed by atoms with Gasteiger partial charge in [0.1, 0.15) is 19.0 Å². The number of nitrogens with zero attached hydrogens (tertiary/aromatic N) is 1. The van der Waals surface area contributed by atoms with Crippen molar-refractivity contribution >= 4 is 17.4 Å². The largest absolute Gasteiger partial charge is 0.507 e. The van der Waals surface area contributed by atoms with Crippen LogP contribution >= 0.6 is 0 Å². The van der Waals surface area contributed by atoms with Crippen molar-refractivity contribution < 1.29 is 33.6 Å². The van der Waals surface area contributed by atoms with Gasteiger partial charge in [-0.05, 0) is 54.3 Å². The maximum Gasteiger partial charge on any atom is 0.295 e. The Hall–Kier alpha value is -4.46. The molecule has 8 heteroatoms. The average Bonchev–Trinajstić information content (AvgIpc) is 3.27. The number of hydrogen-bond donors (Lipinski definition) is 1. The number of ether oxygens (including phenoxy) is 4. The number of aliphatic hydroxyl groups is 1. The average molecular weight is 558 g/mol. The summed E-state index contributed by atoms with van der Waals surface area (Å²) in [5, 5.41) is 11.5. The number of likely N-dealkylation sites (tertiary alicyclic amines) is 1. The van der Waals surface area contributed by atoms with Gasteiger partial charge in [0, 0.05) is 12.1 Å². The Labute approximate surface area is 240 Å². The maximum atomic E-state index is 13.5. The summed E-state index contributed by atoms with van der Waals surface area (Å²) in [5.41, 5.74) is 2.05. The molecule has 1 atom stereocenters. The predicted molar refractivity (Wildman–Crippen MR) is 155 cm³/mol. The molecule has 3 aromatic rings. The van der Waals surface area contributed by atoms with Crippen molar-refractivity contribution in [1.82, 2.24) is 4.90 Å². The van der Waals surface area contributed by atoms with Crippen LogP contribution in [0.5, 0.6) is 23.0 Å². The van der Waals surface area contributed by atoms with E-state index in [2.05, 4.69) is 6.92 Å². The van der Waals surface area contributed by atoms with Crippen molar-refractivity contribution in [3.05, 3.63) is 89.0 Å². The molecule has 3 aromatic carbocycles. The fourth-order valence-electron chi connectivity index (χ4n) is 5.21. The van der Waals surface area contributed by atoms with E-state index in [1.807, 2.05) is 36.4 Å². The zero-order valence-electron chi connectivity index (χ0n) is 23.4. The fourth-order valence-corrected chi connectivity index (χ4v) is 5.21. The zero-order valence-corrected chi connectivity index (χ0v) is 23.4. The molecule has 2 aliphatic heterocycles. The van der Waals surface area contributed by atoms with E-state index < -0.39 is 17.7 Å². The van der Waals surface area contributed by atoms with E-state index in [9.17, 15) is 14.7 Å². The Kier molecular flexibility index (Phi) is 8.77. The third-order valence-electron chi connectivity index (χ3n) is 7.35. The molecule has 0 unspecified atom stereocenters. The number of rotatable bonds is 11. The van der Waals surface area contributed by atoms with Crippen LogP contribution in [0.2, 0.25) is 0 Å². The molecule has 214 valence electrons. The molecular formula is C33H35NO7. The van der Waals surface area contributed by atoms with Crippen LogP contribution in [0, 0.1) is 0 Å². The molecule has 0 saturated carbocycles. The number of amides is 1. The van der Waals surface area contributed by atoms with Crippen molar-refractivity contribution in [1.29, 1.82) is 0 Å². The number of hydrogen-bond acceptors (Lipinski definition) is 7. The maximum absolute atomic E-state index is 13.5. The highest BCUT2D eigenvalue weighted by atomic mass is 16.6. The summed E-state index contributed by atoms with van der Waals surface area (Å²) in [6.07, 6.45) is 3.63. The fraction of sp³-hybridized carbons (Fsp3) is 0.333. The first kappa shape index (κ1) is 28.1. The summed E-state index contributed by atoms with van der Waals surface area (Å²) in [4.78, 5) is 28.5. The highest BCUT2D eigenvalue weighted by molar-refractivity contribution is 6.46. The van der Waals surface area contributed by atoms with Gasteiger partial charge in [-0.2, -0.15) is 0 Å². The molecule has 0 aliphatic carbocycles. The second-order valence-corrected chi connectivity index (χ2v) is 10.1. The van der Waals surface area contributed by atoms with E-state index in [1.54, 1.807) is 37.4 Å². The normalized spacial score (nSPS) is 17.5. The van der Waals surface area contributed by atoms with Crippen LogP contribution in [-0.4, -0.2) is 55.2 Å². The lowest BCUT2D eigenvalue weighted by molar-refractivity contribution is -0.139.